The lowest BCUT2D eigenvalue weighted by Crippen LogP contribution is -2.33. The van der Waals surface area contributed by atoms with Gasteiger partial charge < -0.3 is 9.47 Å². The van der Waals surface area contributed by atoms with Gasteiger partial charge in [0, 0.05) is 10.6 Å². The van der Waals surface area contributed by atoms with Crippen LogP contribution in [0.2, 0.25) is 5.02 Å². The van der Waals surface area contributed by atoms with Gasteiger partial charge in [-0.1, -0.05) is 29.8 Å². The normalized spacial score (nSPS) is 15.9. The van der Waals surface area contributed by atoms with E-state index in [1.165, 1.54) is 4.31 Å². The Kier molecular flexibility index (Phi) is 4.45. The van der Waals surface area contributed by atoms with Gasteiger partial charge in [-0.05, 0) is 54.6 Å². The van der Waals surface area contributed by atoms with Gasteiger partial charge in [-0.25, -0.2) is 12.7 Å². The Morgan fingerprint density at radius 2 is 1.70 bits per heavy atom. The van der Waals surface area contributed by atoms with Gasteiger partial charge in [-0.2, -0.15) is 0 Å². The van der Waals surface area contributed by atoms with Gasteiger partial charge in [0.25, 0.3) is 10.0 Å². The van der Waals surface area contributed by atoms with Crippen LogP contribution in [0, 0.1) is 0 Å². The minimum atomic E-state index is -3.86. The molecule has 0 bridgehead atoms. The summed E-state index contributed by atoms with van der Waals surface area (Å²) in [5.74, 6) is 1.13. The predicted molar refractivity (Wildman–Crippen MR) is 104 cm³/mol. The van der Waals surface area contributed by atoms with Crippen LogP contribution in [0.5, 0.6) is 11.5 Å². The lowest BCUT2D eigenvalue weighted by Gasteiger charge is -2.25. The highest BCUT2D eigenvalue weighted by atomic mass is 35.5. The van der Waals surface area contributed by atoms with Gasteiger partial charge in [0.05, 0.1) is 17.7 Å². The van der Waals surface area contributed by atoms with Crippen LogP contribution in [-0.2, 0) is 10.0 Å². The number of rotatable bonds is 4. The molecule has 1 heterocycles. The second-order valence-electron chi connectivity index (χ2n) is 5.97. The topological polar surface area (TPSA) is 55.8 Å². The molecule has 0 N–H and O–H groups in total. The lowest BCUT2D eigenvalue weighted by atomic mass is 10.2. The minimum absolute atomic E-state index is 0.180. The number of fused-ring (bicyclic) bond motifs is 1. The molecule has 0 aromatic heterocycles. The van der Waals surface area contributed by atoms with Crippen LogP contribution >= 0.6 is 11.6 Å². The zero-order valence-electron chi connectivity index (χ0n) is 14.4. The Balaban J connectivity index is 1.86. The first-order chi connectivity index (χ1) is 13.0. The summed E-state index contributed by atoms with van der Waals surface area (Å²) in [7, 11) is -2.29. The molecular weight excluding hydrogens is 386 g/mol. The van der Waals surface area contributed by atoms with E-state index in [4.69, 9.17) is 21.1 Å². The van der Waals surface area contributed by atoms with E-state index < -0.39 is 16.3 Å². The summed E-state index contributed by atoms with van der Waals surface area (Å²) in [6, 6.07) is 20.3. The number of ether oxygens (including phenoxy) is 2. The molecular formula is C20H16ClNO4S. The monoisotopic (exact) mass is 401 g/mol. The average molecular weight is 402 g/mol. The third-order valence-corrected chi connectivity index (χ3v) is 6.32. The molecule has 0 aliphatic carbocycles. The van der Waals surface area contributed by atoms with Crippen molar-refractivity contribution in [3.63, 3.8) is 0 Å². The second kappa shape index (κ2) is 6.79. The highest BCUT2D eigenvalue weighted by Gasteiger charge is 2.41. The summed E-state index contributed by atoms with van der Waals surface area (Å²) in [5.41, 5.74) is 1.09. The summed E-state index contributed by atoms with van der Waals surface area (Å²) in [6.45, 7) is 0. The maximum Gasteiger partial charge on any atom is 0.267 e. The molecule has 0 radical (unpaired) electrons. The van der Waals surface area contributed by atoms with Gasteiger partial charge in [-0.3, -0.25) is 0 Å². The number of halogens is 1. The summed E-state index contributed by atoms with van der Waals surface area (Å²) in [4.78, 5) is 0.180. The Labute approximate surface area is 162 Å². The van der Waals surface area contributed by atoms with Crippen molar-refractivity contribution in [2.45, 2.75) is 11.1 Å². The van der Waals surface area contributed by atoms with Crippen molar-refractivity contribution in [2.75, 3.05) is 11.4 Å². The molecule has 5 nitrogen and oxygen atoms in total. The highest BCUT2D eigenvalue weighted by molar-refractivity contribution is 7.92. The van der Waals surface area contributed by atoms with Gasteiger partial charge in [0.2, 0.25) is 6.23 Å². The molecule has 1 atom stereocenters. The molecule has 27 heavy (non-hydrogen) atoms. The van der Waals surface area contributed by atoms with Crippen molar-refractivity contribution in [1.82, 2.24) is 0 Å². The van der Waals surface area contributed by atoms with E-state index >= 15 is 0 Å². The number of hydrogen-bond acceptors (Lipinski definition) is 4. The molecule has 0 spiro atoms. The number of sulfonamides is 1. The van der Waals surface area contributed by atoms with Crippen LogP contribution in [0.1, 0.15) is 11.8 Å². The summed E-state index contributed by atoms with van der Waals surface area (Å²) in [5, 5.41) is 0.431. The van der Waals surface area contributed by atoms with Crippen LogP contribution < -0.4 is 13.8 Å². The number of benzene rings is 3. The third-order valence-electron chi connectivity index (χ3n) is 4.31. The summed E-state index contributed by atoms with van der Waals surface area (Å²) >= 11 is 6.12. The molecule has 0 saturated heterocycles. The molecule has 4 rings (SSSR count). The summed E-state index contributed by atoms with van der Waals surface area (Å²) in [6.07, 6.45) is -0.838. The van der Waals surface area contributed by atoms with E-state index in [1.54, 1.807) is 79.9 Å². The van der Waals surface area contributed by atoms with Crippen LogP contribution in [-0.4, -0.2) is 15.5 Å². The number of anilines is 1. The fraction of sp³-hybridized carbons (Fsp3) is 0.100. The Morgan fingerprint density at radius 3 is 2.37 bits per heavy atom. The van der Waals surface area contributed by atoms with Gasteiger partial charge in [-0.15, -0.1) is 0 Å². The summed E-state index contributed by atoms with van der Waals surface area (Å²) < 4.78 is 39.2. The van der Waals surface area contributed by atoms with Crippen LogP contribution in [0.25, 0.3) is 0 Å². The van der Waals surface area contributed by atoms with Gasteiger partial charge in [0.15, 0.2) is 0 Å². The van der Waals surface area contributed by atoms with E-state index in [-0.39, 0.29) is 4.90 Å². The largest absolute Gasteiger partial charge is 0.497 e. The molecule has 1 unspecified atom stereocenters. The molecule has 7 heteroatoms. The fourth-order valence-electron chi connectivity index (χ4n) is 2.99. The van der Waals surface area contributed by atoms with Crippen molar-refractivity contribution in [3.8, 4) is 11.5 Å². The van der Waals surface area contributed by atoms with Crippen molar-refractivity contribution < 1.29 is 17.9 Å². The zero-order valence-corrected chi connectivity index (χ0v) is 15.9. The van der Waals surface area contributed by atoms with Crippen LogP contribution in [0.15, 0.2) is 77.7 Å². The van der Waals surface area contributed by atoms with E-state index in [9.17, 15) is 8.42 Å². The van der Waals surface area contributed by atoms with E-state index in [2.05, 4.69) is 0 Å². The fourth-order valence-corrected chi connectivity index (χ4v) is 4.70. The van der Waals surface area contributed by atoms with E-state index in [1.807, 2.05) is 0 Å². The smallest absolute Gasteiger partial charge is 0.267 e. The highest BCUT2D eigenvalue weighted by Crippen LogP contribution is 2.47. The molecule has 1 aliphatic heterocycles. The second-order valence-corrected chi connectivity index (χ2v) is 8.22. The van der Waals surface area contributed by atoms with Crippen molar-refractivity contribution in [1.29, 1.82) is 0 Å². The molecule has 3 aromatic carbocycles. The minimum Gasteiger partial charge on any atom is -0.497 e. The predicted octanol–water partition coefficient (Wildman–Crippen LogP) is 4.64. The number of hydrogen-bond donors (Lipinski definition) is 0. The lowest BCUT2D eigenvalue weighted by molar-refractivity contribution is 0.244. The molecule has 0 amide bonds. The standard InChI is InChI=1S/C20H16ClNO4S/c1-25-16-10-7-14(8-11-16)20-22(18-13-15(21)9-12-19(18)26-20)27(23,24)17-5-3-2-4-6-17/h2-13,20H,1H3. The van der Waals surface area contributed by atoms with Crippen molar-refractivity contribution in [2.24, 2.45) is 0 Å². The first kappa shape index (κ1) is 17.7. The van der Waals surface area contributed by atoms with Gasteiger partial charge in [0.1, 0.15) is 11.5 Å². The van der Waals surface area contributed by atoms with E-state index in [0.29, 0.717) is 27.8 Å². The third kappa shape index (κ3) is 3.11. The average Bonchev–Trinajstić information content (AvgIpc) is 3.08. The molecule has 0 saturated carbocycles. The Morgan fingerprint density at radius 1 is 1.00 bits per heavy atom. The van der Waals surface area contributed by atoms with Crippen molar-refractivity contribution in [3.05, 3.63) is 83.4 Å². The van der Waals surface area contributed by atoms with Crippen LogP contribution in [0.4, 0.5) is 5.69 Å². The zero-order chi connectivity index (χ0) is 19.0. The van der Waals surface area contributed by atoms with Crippen LogP contribution in [0.3, 0.4) is 0 Å². The molecule has 1 aliphatic rings. The van der Waals surface area contributed by atoms with Gasteiger partial charge >= 0.3 is 0 Å². The maximum atomic E-state index is 13.4. The quantitative estimate of drug-likeness (QED) is 0.639. The maximum absolute atomic E-state index is 13.4. The van der Waals surface area contributed by atoms with Crippen molar-refractivity contribution >= 4 is 27.3 Å². The first-order valence-electron chi connectivity index (χ1n) is 8.20. The van der Waals surface area contributed by atoms with E-state index in [0.717, 1.165) is 0 Å². The Bertz CT molecular complexity index is 1070. The molecule has 138 valence electrons. The first-order valence-corrected chi connectivity index (χ1v) is 10.0. The SMILES string of the molecule is COc1ccc(C2Oc3ccc(Cl)cc3N2S(=O)(=O)c2ccccc2)cc1. The number of methoxy groups -OCH3 is 1. The molecule has 3 aromatic rings. The Hall–Kier alpha value is -2.70. The molecule has 0 fully saturated rings. The number of nitrogens with zero attached hydrogens (tertiary/aromatic N) is 1.